The van der Waals surface area contributed by atoms with Gasteiger partial charge in [0.2, 0.25) is 5.75 Å². The molecule has 100 valence electrons. The Morgan fingerprint density at radius 2 is 1.90 bits per heavy atom. The molecular weight excluding hydrogens is 392 g/mol. The first-order valence-electron chi connectivity index (χ1n) is 5.32. The fourth-order valence-corrected chi connectivity index (χ4v) is 2.35. The quantitative estimate of drug-likeness (QED) is 0.551. The SMILES string of the molecule is N#Cc1cc(Br)cc(Oc2ccc(Br)cc2[N+](=O)[O-])c1. The van der Waals surface area contributed by atoms with Crippen molar-refractivity contribution in [1.82, 2.24) is 0 Å². The first-order chi connectivity index (χ1) is 9.49. The van der Waals surface area contributed by atoms with Gasteiger partial charge in [-0.05, 0) is 30.3 Å². The maximum absolute atomic E-state index is 11.0. The molecule has 2 rings (SSSR count). The number of hydrogen-bond donors (Lipinski definition) is 0. The van der Waals surface area contributed by atoms with Crippen LogP contribution in [0.3, 0.4) is 0 Å². The van der Waals surface area contributed by atoms with Crippen LogP contribution in [0.25, 0.3) is 0 Å². The molecule has 7 heteroatoms. The summed E-state index contributed by atoms with van der Waals surface area (Å²) in [6.07, 6.45) is 0. The predicted octanol–water partition coefficient (Wildman–Crippen LogP) is 4.78. The summed E-state index contributed by atoms with van der Waals surface area (Å²) in [6, 6.07) is 11.3. The molecule has 0 N–H and O–H groups in total. The molecule has 0 aromatic heterocycles. The molecule has 0 fully saturated rings. The summed E-state index contributed by atoms with van der Waals surface area (Å²) in [5.41, 5.74) is 0.243. The third-order valence-corrected chi connectivity index (χ3v) is 3.30. The molecule has 0 heterocycles. The Balaban J connectivity index is 2.42. The smallest absolute Gasteiger partial charge is 0.312 e. The second-order valence-electron chi connectivity index (χ2n) is 3.76. The van der Waals surface area contributed by atoms with Crippen molar-refractivity contribution in [2.24, 2.45) is 0 Å². The van der Waals surface area contributed by atoms with Crippen molar-refractivity contribution < 1.29 is 9.66 Å². The van der Waals surface area contributed by atoms with Crippen molar-refractivity contribution in [2.75, 3.05) is 0 Å². The first-order valence-corrected chi connectivity index (χ1v) is 6.90. The molecular formula is C13H6Br2N2O3. The van der Waals surface area contributed by atoms with E-state index < -0.39 is 4.92 Å². The molecule has 0 aliphatic carbocycles. The number of nitro benzene ring substituents is 1. The summed E-state index contributed by atoms with van der Waals surface area (Å²) >= 11 is 6.43. The van der Waals surface area contributed by atoms with Gasteiger partial charge in [0, 0.05) is 15.0 Å². The number of nitro groups is 1. The highest BCUT2D eigenvalue weighted by molar-refractivity contribution is 9.10. The standard InChI is InChI=1S/C13H6Br2N2O3/c14-9-1-2-13(12(6-9)17(18)19)20-11-4-8(7-16)3-10(15)5-11/h1-6H. The summed E-state index contributed by atoms with van der Waals surface area (Å²) in [6.45, 7) is 0. The second kappa shape index (κ2) is 6.03. The van der Waals surface area contributed by atoms with Crippen molar-refractivity contribution >= 4 is 37.5 Å². The molecule has 2 aromatic rings. The number of ether oxygens (including phenoxy) is 1. The molecule has 0 saturated carbocycles. The molecule has 0 radical (unpaired) electrons. The zero-order chi connectivity index (χ0) is 14.7. The van der Waals surface area contributed by atoms with Gasteiger partial charge in [0.15, 0.2) is 0 Å². The normalized spacial score (nSPS) is 9.85. The summed E-state index contributed by atoms with van der Waals surface area (Å²) in [4.78, 5) is 10.5. The fraction of sp³-hybridized carbons (Fsp3) is 0. The summed E-state index contributed by atoms with van der Waals surface area (Å²) in [7, 11) is 0. The van der Waals surface area contributed by atoms with E-state index >= 15 is 0 Å². The van der Waals surface area contributed by atoms with Crippen LogP contribution >= 0.6 is 31.9 Å². The minimum absolute atomic E-state index is 0.111. The number of hydrogen-bond acceptors (Lipinski definition) is 4. The molecule has 0 unspecified atom stereocenters. The third-order valence-electron chi connectivity index (χ3n) is 2.35. The number of nitriles is 1. The van der Waals surface area contributed by atoms with Crippen LogP contribution < -0.4 is 4.74 Å². The van der Waals surface area contributed by atoms with E-state index in [4.69, 9.17) is 10.00 Å². The van der Waals surface area contributed by atoms with Crippen LogP contribution in [0.4, 0.5) is 5.69 Å². The molecule has 2 aromatic carbocycles. The van der Waals surface area contributed by atoms with Crippen molar-refractivity contribution in [3.63, 3.8) is 0 Å². The van der Waals surface area contributed by atoms with Gasteiger partial charge in [-0.1, -0.05) is 31.9 Å². The van der Waals surface area contributed by atoms with Crippen molar-refractivity contribution in [1.29, 1.82) is 5.26 Å². The minimum Gasteiger partial charge on any atom is -0.450 e. The van der Waals surface area contributed by atoms with Crippen LogP contribution in [0.2, 0.25) is 0 Å². The highest BCUT2D eigenvalue weighted by atomic mass is 79.9. The molecule has 0 aliphatic rings. The number of benzene rings is 2. The van der Waals surface area contributed by atoms with E-state index in [1.807, 2.05) is 6.07 Å². The van der Waals surface area contributed by atoms with Gasteiger partial charge in [-0.15, -0.1) is 0 Å². The average Bonchev–Trinajstić information content (AvgIpc) is 2.40. The van der Waals surface area contributed by atoms with Gasteiger partial charge in [0.05, 0.1) is 16.6 Å². The van der Waals surface area contributed by atoms with Crippen LogP contribution in [-0.2, 0) is 0 Å². The van der Waals surface area contributed by atoms with Crippen LogP contribution in [-0.4, -0.2) is 4.92 Å². The minimum atomic E-state index is -0.525. The van der Waals surface area contributed by atoms with Crippen LogP contribution in [0.5, 0.6) is 11.5 Å². The molecule has 0 atom stereocenters. The number of halogens is 2. The number of nitrogens with zero attached hydrogens (tertiary/aromatic N) is 2. The molecule has 0 saturated heterocycles. The lowest BCUT2D eigenvalue weighted by Gasteiger charge is -2.07. The van der Waals surface area contributed by atoms with Crippen molar-refractivity contribution in [2.45, 2.75) is 0 Å². The Bertz CT molecular complexity index is 726. The average molecular weight is 398 g/mol. The van der Waals surface area contributed by atoms with E-state index in [9.17, 15) is 10.1 Å². The monoisotopic (exact) mass is 396 g/mol. The lowest BCUT2D eigenvalue weighted by Crippen LogP contribution is -1.94. The van der Waals surface area contributed by atoms with E-state index in [0.29, 0.717) is 20.3 Å². The van der Waals surface area contributed by atoms with Crippen molar-refractivity contribution in [3.05, 3.63) is 61.0 Å². The zero-order valence-corrected chi connectivity index (χ0v) is 13.0. The van der Waals surface area contributed by atoms with Gasteiger partial charge >= 0.3 is 5.69 Å². The van der Waals surface area contributed by atoms with E-state index in [0.717, 1.165) is 0 Å². The molecule has 20 heavy (non-hydrogen) atoms. The maximum Gasteiger partial charge on any atom is 0.312 e. The Kier molecular flexibility index (Phi) is 4.37. The molecule has 0 amide bonds. The fourth-order valence-electron chi connectivity index (χ4n) is 1.53. The second-order valence-corrected chi connectivity index (χ2v) is 5.59. The van der Waals surface area contributed by atoms with E-state index in [-0.39, 0.29) is 11.4 Å². The van der Waals surface area contributed by atoms with Crippen LogP contribution in [0, 0.1) is 21.4 Å². The molecule has 5 nitrogen and oxygen atoms in total. The maximum atomic E-state index is 11.0. The van der Waals surface area contributed by atoms with Gasteiger partial charge in [-0.2, -0.15) is 5.26 Å². The van der Waals surface area contributed by atoms with Gasteiger partial charge < -0.3 is 4.74 Å². The van der Waals surface area contributed by atoms with Crippen molar-refractivity contribution in [3.8, 4) is 17.6 Å². The lowest BCUT2D eigenvalue weighted by molar-refractivity contribution is -0.385. The largest absolute Gasteiger partial charge is 0.450 e. The topological polar surface area (TPSA) is 76.2 Å². The highest BCUT2D eigenvalue weighted by Gasteiger charge is 2.16. The van der Waals surface area contributed by atoms with Crippen LogP contribution in [0.15, 0.2) is 45.3 Å². The van der Waals surface area contributed by atoms with E-state index in [1.54, 1.807) is 18.2 Å². The Morgan fingerprint density at radius 3 is 2.55 bits per heavy atom. The lowest BCUT2D eigenvalue weighted by atomic mass is 10.2. The first kappa shape index (κ1) is 14.5. The summed E-state index contributed by atoms with van der Waals surface area (Å²) < 4.78 is 6.75. The summed E-state index contributed by atoms with van der Waals surface area (Å²) in [5.74, 6) is 0.460. The zero-order valence-electron chi connectivity index (χ0n) is 9.84. The van der Waals surface area contributed by atoms with Crippen LogP contribution in [0.1, 0.15) is 5.56 Å². The summed E-state index contributed by atoms with van der Waals surface area (Å²) in [5, 5.41) is 19.9. The third kappa shape index (κ3) is 3.35. The molecule has 0 aliphatic heterocycles. The van der Waals surface area contributed by atoms with E-state index in [1.165, 1.54) is 18.2 Å². The van der Waals surface area contributed by atoms with Gasteiger partial charge in [-0.25, -0.2) is 0 Å². The molecule has 0 bridgehead atoms. The Morgan fingerprint density at radius 1 is 1.15 bits per heavy atom. The Hall–Kier alpha value is -1.91. The van der Waals surface area contributed by atoms with Gasteiger partial charge in [-0.3, -0.25) is 10.1 Å². The number of rotatable bonds is 3. The highest BCUT2D eigenvalue weighted by Crippen LogP contribution is 2.34. The van der Waals surface area contributed by atoms with Gasteiger partial charge in [0.1, 0.15) is 5.75 Å². The Labute approximate surface area is 131 Å². The molecule has 0 spiro atoms. The predicted molar refractivity (Wildman–Crippen MR) is 79.7 cm³/mol. The van der Waals surface area contributed by atoms with E-state index in [2.05, 4.69) is 31.9 Å². The van der Waals surface area contributed by atoms with Gasteiger partial charge in [0.25, 0.3) is 0 Å².